The number of nitrogens with zero attached hydrogens (tertiary/aromatic N) is 1. The van der Waals surface area contributed by atoms with Crippen molar-refractivity contribution >= 4 is 23.1 Å². The second-order valence-corrected chi connectivity index (χ2v) is 7.94. The van der Waals surface area contributed by atoms with Gasteiger partial charge < -0.3 is 10.6 Å². The van der Waals surface area contributed by atoms with Gasteiger partial charge in [-0.25, -0.2) is 0 Å². The van der Waals surface area contributed by atoms with Crippen LogP contribution in [-0.2, 0) is 4.79 Å². The van der Waals surface area contributed by atoms with Gasteiger partial charge in [-0.1, -0.05) is 46.3 Å². The summed E-state index contributed by atoms with van der Waals surface area (Å²) in [6.45, 7) is 13.6. The number of thiocarbonyl (C=S) groups is 1. The maximum Gasteiger partial charge on any atom is 0.223 e. The van der Waals surface area contributed by atoms with Crippen LogP contribution in [0.1, 0.15) is 73.6 Å². The molecule has 0 unspecified atom stereocenters. The zero-order chi connectivity index (χ0) is 16.0. The lowest BCUT2D eigenvalue weighted by Crippen LogP contribution is -2.50. The number of hydrogen-bond donors (Lipinski definition) is 1. The Morgan fingerprint density at radius 1 is 1.15 bits per heavy atom. The van der Waals surface area contributed by atoms with Gasteiger partial charge in [0.05, 0.1) is 4.99 Å². The lowest BCUT2D eigenvalue weighted by atomic mass is 9.80. The zero-order valence-corrected chi connectivity index (χ0v) is 14.9. The number of rotatable bonds is 8. The molecule has 2 N–H and O–H groups in total. The first-order chi connectivity index (χ1) is 8.99. The molecular weight excluding hydrogens is 268 g/mol. The fraction of sp³-hybridized carbons (Fsp3) is 0.875. The quantitative estimate of drug-likeness (QED) is 0.692. The molecule has 0 aromatic carbocycles. The van der Waals surface area contributed by atoms with E-state index in [4.69, 9.17) is 18.0 Å². The first-order valence-electron chi connectivity index (χ1n) is 7.58. The van der Waals surface area contributed by atoms with Gasteiger partial charge in [0.1, 0.15) is 0 Å². The predicted octanol–water partition coefficient (Wildman–Crippen LogP) is 3.90. The van der Waals surface area contributed by atoms with E-state index in [0.717, 1.165) is 19.3 Å². The molecular formula is C16H32N2OS. The monoisotopic (exact) mass is 300 g/mol. The van der Waals surface area contributed by atoms with Crippen molar-refractivity contribution in [2.24, 2.45) is 11.1 Å². The summed E-state index contributed by atoms with van der Waals surface area (Å²) in [6.07, 6.45) is 4.14. The Labute approximate surface area is 130 Å². The van der Waals surface area contributed by atoms with Gasteiger partial charge in [-0.2, -0.15) is 0 Å². The molecule has 0 fully saturated rings. The van der Waals surface area contributed by atoms with Crippen LogP contribution < -0.4 is 5.73 Å². The van der Waals surface area contributed by atoms with Crippen LogP contribution >= 0.6 is 12.2 Å². The van der Waals surface area contributed by atoms with E-state index in [1.54, 1.807) is 0 Å². The standard InChI is InChI=1S/C16H32N2OS/c1-7-8-9-14(19)18(11-10-13(17)20)16(5,6)12-15(2,3)4/h7-12H2,1-6H3,(H2,17,20). The number of unbranched alkanes of at least 4 members (excludes halogenated alkanes) is 1. The van der Waals surface area contributed by atoms with Crippen LogP contribution in [0.3, 0.4) is 0 Å². The second-order valence-electron chi connectivity index (χ2n) is 7.42. The van der Waals surface area contributed by atoms with Crippen molar-refractivity contribution in [1.29, 1.82) is 0 Å². The third kappa shape index (κ3) is 7.83. The smallest absolute Gasteiger partial charge is 0.223 e. The molecule has 3 nitrogen and oxygen atoms in total. The normalized spacial score (nSPS) is 12.3. The molecule has 0 radical (unpaired) electrons. The molecule has 0 bridgehead atoms. The molecule has 0 heterocycles. The molecule has 0 atom stereocenters. The number of carbonyl (C=O) groups excluding carboxylic acids is 1. The van der Waals surface area contributed by atoms with Crippen molar-refractivity contribution in [3.05, 3.63) is 0 Å². The Morgan fingerprint density at radius 2 is 1.70 bits per heavy atom. The van der Waals surface area contributed by atoms with E-state index in [2.05, 4.69) is 41.5 Å². The minimum absolute atomic E-state index is 0.173. The summed E-state index contributed by atoms with van der Waals surface area (Å²) >= 11 is 4.96. The molecule has 0 aliphatic carbocycles. The molecule has 4 heteroatoms. The molecule has 0 aromatic heterocycles. The van der Waals surface area contributed by atoms with Gasteiger partial charge in [-0.05, 0) is 32.1 Å². The van der Waals surface area contributed by atoms with Crippen LogP contribution in [0.25, 0.3) is 0 Å². The number of nitrogens with two attached hydrogens (primary N) is 1. The predicted molar refractivity (Wildman–Crippen MR) is 90.8 cm³/mol. The summed E-state index contributed by atoms with van der Waals surface area (Å²) < 4.78 is 0. The van der Waals surface area contributed by atoms with Gasteiger partial charge in [-0.15, -0.1) is 0 Å². The van der Waals surface area contributed by atoms with Crippen LogP contribution in [-0.4, -0.2) is 27.9 Å². The van der Waals surface area contributed by atoms with Crippen LogP contribution in [0.15, 0.2) is 0 Å². The topological polar surface area (TPSA) is 46.3 Å². The van der Waals surface area contributed by atoms with Gasteiger partial charge in [0.15, 0.2) is 0 Å². The van der Waals surface area contributed by atoms with E-state index in [0.29, 0.717) is 24.4 Å². The third-order valence-electron chi connectivity index (χ3n) is 3.32. The van der Waals surface area contributed by atoms with Crippen molar-refractivity contribution < 1.29 is 4.79 Å². The van der Waals surface area contributed by atoms with Crippen LogP contribution in [0.2, 0.25) is 0 Å². The van der Waals surface area contributed by atoms with Gasteiger partial charge in [-0.3, -0.25) is 4.79 Å². The Kier molecular flexibility index (Phi) is 7.71. The summed E-state index contributed by atoms with van der Waals surface area (Å²) in [6, 6.07) is 0. The second kappa shape index (κ2) is 7.96. The van der Waals surface area contributed by atoms with Crippen LogP contribution in [0, 0.1) is 5.41 Å². The maximum atomic E-state index is 12.5. The maximum absolute atomic E-state index is 12.5. The largest absolute Gasteiger partial charge is 0.393 e. The van der Waals surface area contributed by atoms with E-state index in [1.165, 1.54) is 0 Å². The molecule has 0 rings (SSSR count). The summed E-state index contributed by atoms with van der Waals surface area (Å²) in [5.41, 5.74) is 5.61. The number of amides is 1. The van der Waals surface area contributed by atoms with Crippen molar-refractivity contribution in [2.75, 3.05) is 6.54 Å². The van der Waals surface area contributed by atoms with Gasteiger partial charge in [0.2, 0.25) is 5.91 Å². The van der Waals surface area contributed by atoms with Crippen molar-refractivity contribution in [3.63, 3.8) is 0 Å². The van der Waals surface area contributed by atoms with Crippen molar-refractivity contribution in [1.82, 2.24) is 4.90 Å². The minimum Gasteiger partial charge on any atom is -0.393 e. The van der Waals surface area contributed by atoms with Gasteiger partial charge >= 0.3 is 0 Å². The van der Waals surface area contributed by atoms with Gasteiger partial charge in [0, 0.05) is 24.9 Å². The summed E-state index contributed by atoms with van der Waals surface area (Å²) in [5, 5.41) is 0. The van der Waals surface area contributed by atoms with Crippen molar-refractivity contribution in [2.45, 2.75) is 79.2 Å². The molecule has 20 heavy (non-hydrogen) atoms. The Morgan fingerprint density at radius 3 is 2.10 bits per heavy atom. The Bertz CT molecular complexity index is 332. The van der Waals surface area contributed by atoms with E-state index in [-0.39, 0.29) is 16.9 Å². The molecule has 118 valence electrons. The van der Waals surface area contributed by atoms with E-state index in [1.807, 2.05) is 4.90 Å². The molecule has 0 aromatic rings. The molecule has 0 aliphatic heterocycles. The molecule has 0 spiro atoms. The van der Waals surface area contributed by atoms with Crippen LogP contribution in [0.4, 0.5) is 0 Å². The van der Waals surface area contributed by atoms with E-state index in [9.17, 15) is 4.79 Å². The lowest BCUT2D eigenvalue weighted by molar-refractivity contribution is -0.137. The highest BCUT2D eigenvalue weighted by Crippen LogP contribution is 2.32. The minimum atomic E-state index is -0.173. The zero-order valence-electron chi connectivity index (χ0n) is 14.1. The number of hydrogen-bond acceptors (Lipinski definition) is 2. The fourth-order valence-corrected chi connectivity index (χ4v) is 2.93. The van der Waals surface area contributed by atoms with E-state index >= 15 is 0 Å². The highest BCUT2D eigenvalue weighted by molar-refractivity contribution is 7.80. The molecule has 0 aliphatic rings. The van der Waals surface area contributed by atoms with Gasteiger partial charge in [0.25, 0.3) is 0 Å². The van der Waals surface area contributed by atoms with Crippen molar-refractivity contribution in [3.8, 4) is 0 Å². The summed E-state index contributed by atoms with van der Waals surface area (Å²) in [7, 11) is 0. The molecule has 0 saturated heterocycles. The lowest BCUT2D eigenvalue weighted by Gasteiger charge is -2.42. The average molecular weight is 301 g/mol. The number of carbonyl (C=O) groups is 1. The summed E-state index contributed by atoms with van der Waals surface area (Å²) in [5.74, 6) is 0.220. The summed E-state index contributed by atoms with van der Waals surface area (Å²) in [4.78, 5) is 14.9. The fourth-order valence-electron chi connectivity index (χ4n) is 2.84. The highest BCUT2D eigenvalue weighted by Gasteiger charge is 2.33. The Balaban J connectivity index is 4.97. The van der Waals surface area contributed by atoms with E-state index < -0.39 is 0 Å². The Hall–Kier alpha value is -0.640. The molecule has 1 amide bonds. The first-order valence-corrected chi connectivity index (χ1v) is 7.99. The molecule has 0 saturated carbocycles. The highest BCUT2D eigenvalue weighted by atomic mass is 32.1. The third-order valence-corrected chi connectivity index (χ3v) is 3.52. The average Bonchev–Trinajstić information content (AvgIpc) is 2.22. The first kappa shape index (κ1) is 19.4. The van der Waals surface area contributed by atoms with Crippen LogP contribution in [0.5, 0.6) is 0 Å². The SMILES string of the molecule is CCCCC(=O)N(CCC(N)=S)C(C)(C)CC(C)(C)C.